The molecule has 150 valence electrons. The summed E-state index contributed by atoms with van der Waals surface area (Å²) in [5, 5.41) is 11.9. The molecule has 0 saturated heterocycles. The maximum Gasteiger partial charge on any atom is 0.266 e. The summed E-state index contributed by atoms with van der Waals surface area (Å²) in [4.78, 5) is 12.5. The Kier molecular flexibility index (Phi) is 7.39. The Bertz CT molecular complexity index is 1140. The lowest BCUT2D eigenvalue weighted by Gasteiger charge is -2.11. The van der Waals surface area contributed by atoms with E-state index >= 15 is 0 Å². The van der Waals surface area contributed by atoms with Crippen molar-refractivity contribution in [2.45, 2.75) is 6.61 Å². The number of hydrogen-bond acceptors (Lipinski definition) is 3. The largest absolute Gasteiger partial charge is 0.488 e. The van der Waals surface area contributed by atoms with Crippen molar-refractivity contribution in [2.24, 2.45) is 0 Å². The first-order valence-corrected chi connectivity index (χ1v) is 10.4. The highest BCUT2D eigenvalue weighted by Gasteiger charge is 2.14. The molecule has 0 radical (unpaired) electrons. The minimum atomic E-state index is -0.715. The van der Waals surface area contributed by atoms with Gasteiger partial charge in [0.05, 0.1) is 5.69 Å². The number of rotatable bonds is 6. The Balaban J connectivity index is 1.84. The predicted molar refractivity (Wildman–Crippen MR) is 121 cm³/mol. The maximum absolute atomic E-state index is 14.0. The number of amides is 1. The van der Waals surface area contributed by atoms with Crippen LogP contribution < -0.4 is 10.1 Å². The van der Waals surface area contributed by atoms with Gasteiger partial charge in [-0.2, -0.15) is 5.26 Å². The Labute approximate surface area is 190 Å². The first-order valence-electron chi connectivity index (χ1n) is 8.81. The molecule has 7 heteroatoms. The first kappa shape index (κ1) is 21.8. The molecule has 0 saturated carbocycles. The number of carbonyl (C=O) groups is 1. The molecule has 4 nitrogen and oxygen atoms in total. The summed E-state index contributed by atoms with van der Waals surface area (Å²) in [6.07, 6.45) is 1.41. The van der Waals surface area contributed by atoms with Crippen molar-refractivity contribution >= 4 is 49.5 Å². The second kappa shape index (κ2) is 10.2. The number of halogens is 3. The summed E-state index contributed by atoms with van der Waals surface area (Å²) >= 11 is 6.55. The van der Waals surface area contributed by atoms with Crippen molar-refractivity contribution in [3.05, 3.63) is 98.2 Å². The van der Waals surface area contributed by atoms with Crippen LogP contribution in [-0.2, 0) is 11.4 Å². The van der Waals surface area contributed by atoms with Gasteiger partial charge >= 0.3 is 0 Å². The van der Waals surface area contributed by atoms with Gasteiger partial charge in [0.1, 0.15) is 29.8 Å². The summed E-state index contributed by atoms with van der Waals surface area (Å²) in [7, 11) is 0. The van der Waals surface area contributed by atoms with Gasteiger partial charge in [0.2, 0.25) is 0 Å². The highest BCUT2D eigenvalue weighted by Crippen LogP contribution is 2.27. The van der Waals surface area contributed by atoms with E-state index in [2.05, 4.69) is 37.2 Å². The molecule has 0 spiro atoms. The normalized spacial score (nSPS) is 10.9. The molecule has 0 aliphatic carbocycles. The maximum atomic E-state index is 14.0. The average Bonchev–Trinajstić information content (AvgIpc) is 2.74. The van der Waals surface area contributed by atoms with E-state index in [0.717, 1.165) is 10.0 Å². The van der Waals surface area contributed by atoms with E-state index in [9.17, 15) is 14.4 Å². The van der Waals surface area contributed by atoms with Crippen LogP contribution in [0.4, 0.5) is 10.1 Å². The van der Waals surface area contributed by atoms with E-state index < -0.39 is 11.7 Å². The molecule has 0 aliphatic heterocycles. The van der Waals surface area contributed by atoms with Crippen molar-refractivity contribution < 1.29 is 13.9 Å². The Morgan fingerprint density at radius 3 is 2.47 bits per heavy atom. The number of nitriles is 1. The fraction of sp³-hybridized carbons (Fsp3) is 0.0435. The number of nitrogens with one attached hydrogen (secondary N) is 1. The van der Waals surface area contributed by atoms with Crippen LogP contribution in [0.25, 0.3) is 6.08 Å². The van der Waals surface area contributed by atoms with E-state index in [1.807, 2.05) is 36.4 Å². The van der Waals surface area contributed by atoms with Gasteiger partial charge in [-0.1, -0.05) is 62.2 Å². The standard InChI is InChI=1S/C23H15Br2FN2O2/c24-18-7-9-22(30-14-15-4-2-1-3-5-15)16(11-18)10-17(13-27)23(29)28-21-8-6-19(25)12-20(21)26/h1-12H,14H2,(H,28,29). The van der Waals surface area contributed by atoms with Gasteiger partial charge in [-0.15, -0.1) is 0 Å². The zero-order valence-corrected chi connectivity index (χ0v) is 18.7. The van der Waals surface area contributed by atoms with Crippen LogP contribution in [0.15, 0.2) is 81.2 Å². The van der Waals surface area contributed by atoms with Crippen LogP contribution >= 0.6 is 31.9 Å². The summed E-state index contributed by atoms with van der Waals surface area (Å²) in [6, 6.07) is 21.0. The smallest absolute Gasteiger partial charge is 0.266 e. The Morgan fingerprint density at radius 2 is 1.77 bits per heavy atom. The molecule has 3 aromatic rings. The topological polar surface area (TPSA) is 62.1 Å². The molecule has 1 N–H and O–H groups in total. The van der Waals surface area contributed by atoms with Crippen molar-refractivity contribution in [1.29, 1.82) is 5.26 Å². The fourth-order valence-corrected chi connectivity index (χ4v) is 3.30. The Morgan fingerprint density at radius 1 is 1.07 bits per heavy atom. The van der Waals surface area contributed by atoms with Crippen LogP contribution in [0.2, 0.25) is 0 Å². The van der Waals surface area contributed by atoms with Crippen LogP contribution in [0, 0.1) is 17.1 Å². The van der Waals surface area contributed by atoms with E-state index in [-0.39, 0.29) is 11.3 Å². The second-order valence-electron chi connectivity index (χ2n) is 6.20. The van der Waals surface area contributed by atoms with E-state index in [1.165, 1.54) is 18.2 Å². The first-order chi connectivity index (χ1) is 14.5. The summed E-state index contributed by atoms with van der Waals surface area (Å²) in [6.45, 7) is 0.335. The third kappa shape index (κ3) is 5.78. The van der Waals surface area contributed by atoms with Crippen LogP contribution in [0.3, 0.4) is 0 Å². The molecule has 3 aromatic carbocycles. The lowest BCUT2D eigenvalue weighted by Crippen LogP contribution is -2.14. The van der Waals surface area contributed by atoms with Crippen molar-refractivity contribution in [3.8, 4) is 11.8 Å². The van der Waals surface area contributed by atoms with Gasteiger partial charge in [-0.3, -0.25) is 4.79 Å². The minimum absolute atomic E-state index is 0.0147. The van der Waals surface area contributed by atoms with E-state index in [1.54, 1.807) is 24.3 Å². The third-order valence-corrected chi connectivity index (χ3v) is 5.04. The molecule has 0 unspecified atom stereocenters. The highest BCUT2D eigenvalue weighted by molar-refractivity contribution is 9.10. The van der Waals surface area contributed by atoms with Gasteiger partial charge in [-0.25, -0.2) is 4.39 Å². The molecule has 0 aliphatic rings. The molecule has 1 amide bonds. The molecule has 0 aromatic heterocycles. The van der Waals surface area contributed by atoms with Crippen molar-refractivity contribution in [2.75, 3.05) is 5.32 Å². The number of nitrogens with zero attached hydrogens (tertiary/aromatic N) is 1. The number of carbonyl (C=O) groups excluding carboxylic acids is 1. The van der Waals surface area contributed by atoms with Gasteiger partial charge in [0, 0.05) is 14.5 Å². The van der Waals surface area contributed by atoms with Gasteiger partial charge < -0.3 is 10.1 Å². The lowest BCUT2D eigenvalue weighted by atomic mass is 10.1. The molecule has 30 heavy (non-hydrogen) atoms. The van der Waals surface area contributed by atoms with Gasteiger partial charge in [-0.05, 0) is 48.0 Å². The molecular formula is C23H15Br2FN2O2. The van der Waals surface area contributed by atoms with Gasteiger partial charge in [0.25, 0.3) is 5.91 Å². The zero-order chi connectivity index (χ0) is 21.5. The Hall–Kier alpha value is -2.95. The monoisotopic (exact) mass is 528 g/mol. The minimum Gasteiger partial charge on any atom is -0.488 e. The third-order valence-electron chi connectivity index (χ3n) is 4.05. The highest BCUT2D eigenvalue weighted by atomic mass is 79.9. The van der Waals surface area contributed by atoms with Crippen LogP contribution in [-0.4, -0.2) is 5.91 Å². The molecule has 0 atom stereocenters. The molecule has 3 rings (SSSR count). The molecule has 0 bridgehead atoms. The number of hydrogen-bond donors (Lipinski definition) is 1. The molecule has 0 fully saturated rings. The summed E-state index contributed by atoms with van der Waals surface area (Å²) in [5.41, 5.74) is 1.33. The van der Waals surface area contributed by atoms with Crippen molar-refractivity contribution in [3.63, 3.8) is 0 Å². The van der Waals surface area contributed by atoms with Crippen LogP contribution in [0.5, 0.6) is 5.75 Å². The number of anilines is 1. The SMILES string of the molecule is N#CC(=Cc1cc(Br)ccc1OCc1ccccc1)C(=O)Nc1ccc(Br)cc1F. The van der Waals surface area contributed by atoms with Crippen LogP contribution in [0.1, 0.15) is 11.1 Å². The summed E-state index contributed by atoms with van der Waals surface area (Å²) < 4.78 is 21.2. The van der Waals surface area contributed by atoms with Crippen molar-refractivity contribution in [1.82, 2.24) is 0 Å². The quantitative estimate of drug-likeness (QED) is 0.294. The van der Waals surface area contributed by atoms with Gasteiger partial charge in [0.15, 0.2) is 0 Å². The van der Waals surface area contributed by atoms with E-state index in [4.69, 9.17) is 4.74 Å². The average molecular weight is 530 g/mol. The number of benzene rings is 3. The lowest BCUT2D eigenvalue weighted by molar-refractivity contribution is -0.112. The second-order valence-corrected chi connectivity index (χ2v) is 8.04. The zero-order valence-electron chi connectivity index (χ0n) is 15.5. The number of ether oxygens (including phenoxy) is 1. The fourth-order valence-electron chi connectivity index (χ4n) is 2.58. The molecule has 0 heterocycles. The summed E-state index contributed by atoms with van der Waals surface area (Å²) in [5.74, 6) is -0.811. The van der Waals surface area contributed by atoms with E-state index in [0.29, 0.717) is 22.4 Å². The molecular weight excluding hydrogens is 515 g/mol. The predicted octanol–water partition coefficient (Wildman–Crippen LogP) is 6.48.